The van der Waals surface area contributed by atoms with Gasteiger partial charge < -0.3 is 5.32 Å². The number of halogens is 1. The number of carbonyl (C=O) groups is 1. The van der Waals surface area contributed by atoms with Gasteiger partial charge in [-0.3, -0.25) is 9.78 Å². The minimum absolute atomic E-state index is 0.184. The zero-order valence-corrected chi connectivity index (χ0v) is 8.29. The summed E-state index contributed by atoms with van der Waals surface area (Å²) in [6.45, 7) is 0. The fourth-order valence-corrected chi connectivity index (χ4v) is 1.50. The Bertz CT molecular complexity index is 337. The average molecular weight is 212 g/mol. The molecule has 0 saturated heterocycles. The van der Waals surface area contributed by atoms with E-state index in [9.17, 15) is 4.79 Å². The van der Waals surface area contributed by atoms with Crippen molar-refractivity contribution in [3.8, 4) is 0 Å². The maximum atomic E-state index is 11.6. The Kier molecular flexibility index (Phi) is 2.37. The molecule has 1 aliphatic carbocycles. The van der Waals surface area contributed by atoms with Crippen LogP contribution in [0.3, 0.4) is 0 Å². The zero-order chi connectivity index (χ0) is 10.0. The number of hydrogen-bond acceptors (Lipinski definition) is 3. The van der Waals surface area contributed by atoms with Crippen molar-refractivity contribution >= 4 is 17.5 Å². The lowest BCUT2D eigenvalue weighted by Crippen LogP contribution is -2.38. The quantitative estimate of drug-likeness (QED) is 0.759. The number of nitrogens with zero attached hydrogens (tertiary/aromatic N) is 2. The molecule has 0 aromatic carbocycles. The van der Waals surface area contributed by atoms with E-state index in [2.05, 4.69) is 15.3 Å². The molecule has 74 valence electrons. The maximum Gasteiger partial charge on any atom is 0.271 e. The van der Waals surface area contributed by atoms with E-state index in [4.69, 9.17) is 11.6 Å². The van der Waals surface area contributed by atoms with Crippen LogP contribution in [0.15, 0.2) is 18.6 Å². The van der Waals surface area contributed by atoms with E-state index in [0.717, 1.165) is 12.8 Å². The van der Waals surface area contributed by atoms with Gasteiger partial charge in [-0.15, -0.1) is 11.6 Å². The number of hydrogen-bond donors (Lipinski definition) is 1. The van der Waals surface area contributed by atoms with Crippen molar-refractivity contribution < 1.29 is 4.79 Å². The summed E-state index contributed by atoms with van der Waals surface area (Å²) in [7, 11) is 0. The summed E-state index contributed by atoms with van der Waals surface area (Å²) in [5.41, 5.74) is 0.153. The van der Waals surface area contributed by atoms with E-state index in [-0.39, 0.29) is 11.4 Å². The predicted molar refractivity (Wildman–Crippen MR) is 52.2 cm³/mol. The fraction of sp³-hybridized carbons (Fsp3) is 0.444. The van der Waals surface area contributed by atoms with Gasteiger partial charge in [0.05, 0.1) is 11.7 Å². The third-order valence-corrected chi connectivity index (χ3v) is 2.80. The van der Waals surface area contributed by atoms with Crippen LogP contribution < -0.4 is 5.32 Å². The lowest BCUT2D eigenvalue weighted by atomic mass is 10.3. The molecule has 0 bridgehead atoms. The average Bonchev–Trinajstić information content (AvgIpc) is 3.00. The van der Waals surface area contributed by atoms with Crippen molar-refractivity contribution in [2.24, 2.45) is 0 Å². The largest absolute Gasteiger partial charge is 0.344 e. The van der Waals surface area contributed by atoms with Gasteiger partial charge in [0.15, 0.2) is 0 Å². The van der Waals surface area contributed by atoms with Crippen LogP contribution in [0, 0.1) is 0 Å². The molecular weight excluding hydrogens is 202 g/mol. The van der Waals surface area contributed by atoms with Gasteiger partial charge in [0.1, 0.15) is 5.69 Å². The van der Waals surface area contributed by atoms with Gasteiger partial charge in [-0.25, -0.2) is 4.98 Å². The molecular formula is C9H10ClN3O. The standard InChI is InChI=1S/C9H10ClN3O/c10-6-9(1-2-9)13-8(14)7-5-11-3-4-12-7/h3-5H,1-2,6H2,(H,13,14). The molecule has 0 atom stereocenters. The molecule has 2 rings (SSSR count). The monoisotopic (exact) mass is 211 g/mol. The van der Waals surface area contributed by atoms with Crippen molar-refractivity contribution in [1.29, 1.82) is 0 Å². The third kappa shape index (κ3) is 1.85. The highest BCUT2D eigenvalue weighted by Gasteiger charge is 2.43. The van der Waals surface area contributed by atoms with Gasteiger partial charge in [0, 0.05) is 18.3 Å². The molecule has 1 aliphatic rings. The minimum atomic E-state index is -0.198. The van der Waals surface area contributed by atoms with E-state index in [1.54, 1.807) is 0 Å². The van der Waals surface area contributed by atoms with Crippen LogP contribution in [0.1, 0.15) is 23.3 Å². The first-order valence-electron chi connectivity index (χ1n) is 4.40. The molecule has 1 aromatic heterocycles. The second-order valence-corrected chi connectivity index (χ2v) is 3.73. The molecule has 4 nitrogen and oxygen atoms in total. The Balaban J connectivity index is 2.03. The van der Waals surface area contributed by atoms with Crippen LogP contribution in [0.25, 0.3) is 0 Å². The molecule has 0 unspecified atom stereocenters. The molecule has 0 aliphatic heterocycles. The molecule has 1 heterocycles. The Morgan fingerprint density at radius 2 is 2.36 bits per heavy atom. The van der Waals surface area contributed by atoms with Crippen molar-refractivity contribution in [3.05, 3.63) is 24.3 Å². The summed E-state index contributed by atoms with van der Waals surface area (Å²) in [6, 6.07) is 0. The number of nitrogens with one attached hydrogen (secondary N) is 1. The minimum Gasteiger partial charge on any atom is -0.344 e. The van der Waals surface area contributed by atoms with Gasteiger partial charge in [0.25, 0.3) is 5.91 Å². The number of carbonyl (C=O) groups excluding carboxylic acids is 1. The molecule has 0 spiro atoms. The van der Waals surface area contributed by atoms with Crippen LogP contribution >= 0.6 is 11.6 Å². The maximum absolute atomic E-state index is 11.6. The summed E-state index contributed by atoms with van der Waals surface area (Å²) in [4.78, 5) is 19.3. The van der Waals surface area contributed by atoms with E-state index in [0.29, 0.717) is 11.6 Å². The lowest BCUT2D eigenvalue weighted by Gasteiger charge is -2.12. The fourth-order valence-electron chi connectivity index (χ4n) is 1.16. The van der Waals surface area contributed by atoms with Gasteiger partial charge >= 0.3 is 0 Å². The van der Waals surface area contributed by atoms with Crippen LogP contribution in [0.2, 0.25) is 0 Å². The first kappa shape index (κ1) is 9.40. The summed E-state index contributed by atoms with van der Waals surface area (Å²) in [5.74, 6) is 0.259. The van der Waals surface area contributed by atoms with Gasteiger partial charge in [-0.1, -0.05) is 0 Å². The van der Waals surface area contributed by atoms with Crippen LogP contribution in [0.5, 0.6) is 0 Å². The highest BCUT2D eigenvalue weighted by atomic mass is 35.5. The number of rotatable bonds is 3. The van der Waals surface area contributed by atoms with E-state index >= 15 is 0 Å². The molecule has 1 aromatic rings. The summed E-state index contributed by atoms with van der Waals surface area (Å²) in [6.07, 6.45) is 6.37. The Labute approximate surface area is 86.7 Å². The molecule has 14 heavy (non-hydrogen) atoms. The Morgan fingerprint density at radius 3 is 2.86 bits per heavy atom. The Morgan fingerprint density at radius 1 is 1.57 bits per heavy atom. The van der Waals surface area contributed by atoms with E-state index in [1.165, 1.54) is 18.6 Å². The highest BCUT2D eigenvalue weighted by Crippen LogP contribution is 2.36. The molecule has 0 radical (unpaired) electrons. The van der Waals surface area contributed by atoms with E-state index in [1.807, 2.05) is 0 Å². The molecule has 1 fully saturated rings. The van der Waals surface area contributed by atoms with Gasteiger partial charge in [-0.2, -0.15) is 0 Å². The van der Waals surface area contributed by atoms with E-state index < -0.39 is 0 Å². The molecule has 1 N–H and O–H groups in total. The van der Waals surface area contributed by atoms with Crippen LogP contribution in [-0.4, -0.2) is 27.3 Å². The van der Waals surface area contributed by atoms with Crippen molar-refractivity contribution in [3.63, 3.8) is 0 Å². The van der Waals surface area contributed by atoms with Crippen molar-refractivity contribution in [2.75, 3.05) is 5.88 Å². The predicted octanol–water partition coefficient (Wildman–Crippen LogP) is 0.978. The highest BCUT2D eigenvalue weighted by molar-refractivity contribution is 6.19. The summed E-state index contributed by atoms with van der Waals surface area (Å²) < 4.78 is 0. The molecule has 1 amide bonds. The normalized spacial score (nSPS) is 17.5. The second kappa shape index (κ2) is 3.53. The van der Waals surface area contributed by atoms with Crippen LogP contribution in [0.4, 0.5) is 0 Å². The lowest BCUT2D eigenvalue weighted by molar-refractivity contribution is 0.0930. The third-order valence-electron chi connectivity index (χ3n) is 2.28. The van der Waals surface area contributed by atoms with Crippen LogP contribution in [-0.2, 0) is 0 Å². The van der Waals surface area contributed by atoms with Crippen molar-refractivity contribution in [1.82, 2.24) is 15.3 Å². The molecule has 1 saturated carbocycles. The number of amides is 1. The SMILES string of the molecule is O=C(NC1(CCl)CC1)c1cnccn1. The van der Waals surface area contributed by atoms with Gasteiger partial charge in [-0.05, 0) is 12.8 Å². The molecule has 5 heteroatoms. The summed E-state index contributed by atoms with van der Waals surface area (Å²) in [5, 5.41) is 2.86. The topological polar surface area (TPSA) is 54.9 Å². The number of aromatic nitrogens is 2. The first-order valence-corrected chi connectivity index (χ1v) is 4.94. The van der Waals surface area contributed by atoms with Gasteiger partial charge in [0.2, 0.25) is 0 Å². The summed E-state index contributed by atoms with van der Waals surface area (Å²) >= 11 is 5.74. The first-order chi connectivity index (χ1) is 6.76. The smallest absolute Gasteiger partial charge is 0.271 e. The second-order valence-electron chi connectivity index (χ2n) is 3.46. The zero-order valence-electron chi connectivity index (χ0n) is 7.53. The number of alkyl halides is 1. The van der Waals surface area contributed by atoms with Crippen molar-refractivity contribution in [2.45, 2.75) is 18.4 Å². The Hall–Kier alpha value is -1.16.